The average Bonchev–Trinajstić information content (AvgIpc) is 2.41. The molecule has 0 bridgehead atoms. The van der Waals surface area contributed by atoms with E-state index in [1.54, 1.807) is 24.3 Å². The Morgan fingerprint density at radius 1 is 0.944 bits per heavy atom. The maximum absolute atomic E-state index is 11.3. The van der Waals surface area contributed by atoms with Crippen LogP contribution in [0.3, 0.4) is 0 Å². The van der Waals surface area contributed by atoms with Gasteiger partial charge in [-0.15, -0.1) is 0 Å². The molecule has 0 N–H and O–H groups in total. The Balaban J connectivity index is 2.34. The summed E-state index contributed by atoms with van der Waals surface area (Å²) >= 11 is 11.8. The first-order chi connectivity index (χ1) is 8.61. The molecule has 2 aromatic rings. The number of carbonyl (C=O) groups excluding carboxylic acids is 1. The molecule has 2 nitrogen and oxygen atoms in total. The fourth-order valence-electron chi connectivity index (χ4n) is 1.59. The van der Waals surface area contributed by atoms with Crippen molar-refractivity contribution in [3.05, 3.63) is 58.1 Å². The van der Waals surface area contributed by atoms with Crippen LogP contribution in [0, 0.1) is 0 Å². The van der Waals surface area contributed by atoms with Gasteiger partial charge in [-0.2, -0.15) is 0 Å². The lowest BCUT2D eigenvalue weighted by Crippen LogP contribution is -2.00. The molecule has 0 heterocycles. The Morgan fingerprint density at radius 3 is 2.11 bits per heavy atom. The van der Waals surface area contributed by atoms with Crippen LogP contribution >= 0.6 is 23.2 Å². The van der Waals surface area contributed by atoms with Gasteiger partial charge in [0.2, 0.25) is 0 Å². The van der Waals surface area contributed by atoms with Crippen molar-refractivity contribution in [2.75, 3.05) is 7.11 Å². The van der Waals surface area contributed by atoms with Crippen LogP contribution < -0.4 is 0 Å². The fourth-order valence-corrected chi connectivity index (χ4v) is 1.89. The van der Waals surface area contributed by atoms with Crippen molar-refractivity contribution < 1.29 is 9.53 Å². The van der Waals surface area contributed by atoms with E-state index in [0.717, 1.165) is 11.1 Å². The van der Waals surface area contributed by atoms with Gasteiger partial charge >= 0.3 is 5.97 Å². The standard InChI is InChI=1S/C14H10Cl2O2/c1-18-14(17)10-4-2-9(3-5-10)11-6-7-12(15)13(16)8-11/h2-8H,1H3. The first-order valence-corrected chi connectivity index (χ1v) is 6.01. The molecule has 0 saturated heterocycles. The van der Waals surface area contributed by atoms with Crippen LogP contribution in [0.15, 0.2) is 42.5 Å². The summed E-state index contributed by atoms with van der Waals surface area (Å²) < 4.78 is 4.64. The van der Waals surface area contributed by atoms with Crippen LogP contribution in [-0.2, 0) is 4.74 Å². The van der Waals surface area contributed by atoms with Crippen molar-refractivity contribution in [2.24, 2.45) is 0 Å². The van der Waals surface area contributed by atoms with Gasteiger partial charge in [0.05, 0.1) is 22.7 Å². The molecule has 18 heavy (non-hydrogen) atoms. The number of carbonyl (C=O) groups is 1. The monoisotopic (exact) mass is 280 g/mol. The summed E-state index contributed by atoms with van der Waals surface area (Å²) in [5, 5.41) is 1.03. The summed E-state index contributed by atoms with van der Waals surface area (Å²) in [6.45, 7) is 0. The van der Waals surface area contributed by atoms with Gasteiger partial charge in [0, 0.05) is 0 Å². The summed E-state index contributed by atoms with van der Waals surface area (Å²) in [4.78, 5) is 11.3. The minimum Gasteiger partial charge on any atom is -0.465 e. The van der Waals surface area contributed by atoms with E-state index in [9.17, 15) is 4.79 Å². The van der Waals surface area contributed by atoms with Crippen molar-refractivity contribution in [1.82, 2.24) is 0 Å². The topological polar surface area (TPSA) is 26.3 Å². The van der Waals surface area contributed by atoms with Crippen LogP contribution in [0.25, 0.3) is 11.1 Å². The largest absolute Gasteiger partial charge is 0.465 e. The molecule has 2 rings (SSSR count). The van der Waals surface area contributed by atoms with Crippen molar-refractivity contribution in [3.63, 3.8) is 0 Å². The van der Waals surface area contributed by atoms with Crippen molar-refractivity contribution >= 4 is 29.2 Å². The maximum Gasteiger partial charge on any atom is 0.337 e. The summed E-state index contributed by atoms with van der Waals surface area (Å²) in [5.74, 6) is -0.351. The maximum atomic E-state index is 11.3. The highest BCUT2D eigenvalue weighted by molar-refractivity contribution is 6.42. The second-order valence-electron chi connectivity index (χ2n) is 3.70. The lowest BCUT2D eigenvalue weighted by molar-refractivity contribution is 0.0601. The highest BCUT2D eigenvalue weighted by atomic mass is 35.5. The zero-order chi connectivity index (χ0) is 13.1. The predicted octanol–water partition coefficient (Wildman–Crippen LogP) is 4.45. The molecule has 2 aromatic carbocycles. The number of methoxy groups -OCH3 is 1. The number of esters is 1. The minimum absolute atomic E-state index is 0.351. The van der Waals surface area contributed by atoms with Gasteiger partial charge in [-0.05, 0) is 35.4 Å². The third-order valence-corrected chi connectivity index (χ3v) is 3.30. The Morgan fingerprint density at radius 2 is 1.56 bits per heavy atom. The predicted molar refractivity (Wildman–Crippen MR) is 73.2 cm³/mol. The van der Waals surface area contributed by atoms with Gasteiger partial charge in [0.1, 0.15) is 0 Å². The number of hydrogen-bond acceptors (Lipinski definition) is 2. The van der Waals surface area contributed by atoms with Crippen LogP contribution in [0.5, 0.6) is 0 Å². The van der Waals surface area contributed by atoms with Gasteiger partial charge in [-0.25, -0.2) is 4.79 Å². The summed E-state index contributed by atoms with van der Waals surface area (Å²) in [5.41, 5.74) is 2.42. The van der Waals surface area contributed by atoms with Gasteiger partial charge in [-0.1, -0.05) is 41.4 Å². The molecular weight excluding hydrogens is 271 g/mol. The number of halogens is 2. The number of rotatable bonds is 2. The third-order valence-electron chi connectivity index (χ3n) is 2.56. The molecule has 0 atom stereocenters. The fraction of sp³-hybridized carbons (Fsp3) is 0.0714. The molecule has 0 fully saturated rings. The van der Waals surface area contributed by atoms with Crippen molar-refractivity contribution in [3.8, 4) is 11.1 Å². The molecule has 0 aromatic heterocycles. The zero-order valence-corrected chi connectivity index (χ0v) is 11.1. The lowest BCUT2D eigenvalue weighted by atomic mass is 10.0. The first kappa shape index (κ1) is 12.9. The van der Waals surface area contributed by atoms with E-state index < -0.39 is 0 Å². The van der Waals surface area contributed by atoms with Crippen LogP contribution in [0.1, 0.15) is 10.4 Å². The summed E-state index contributed by atoms with van der Waals surface area (Å²) in [6.07, 6.45) is 0. The molecule has 0 aliphatic heterocycles. The second-order valence-corrected chi connectivity index (χ2v) is 4.51. The molecule has 0 aliphatic carbocycles. The van der Waals surface area contributed by atoms with E-state index in [4.69, 9.17) is 23.2 Å². The lowest BCUT2D eigenvalue weighted by Gasteiger charge is -2.05. The molecule has 0 radical (unpaired) electrons. The summed E-state index contributed by atoms with van der Waals surface area (Å²) in [6, 6.07) is 12.5. The number of ether oxygens (including phenoxy) is 1. The Kier molecular flexibility index (Phi) is 3.90. The molecule has 0 spiro atoms. The van der Waals surface area contributed by atoms with Crippen LogP contribution in [-0.4, -0.2) is 13.1 Å². The van der Waals surface area contributed by atoms with Gasteiger partial charge < -0.3 is 4.74 Å². The minimum atomic E-state index is -0.351. The van der Waals surface area contributed by atoms with Crippen molar-refractivity contribution in [1.29, 1.82) is 0 Å². The second kappa shape index (κ2) is 5.42. The molecule has 0 amide bonds. The Labute approximate surface area is 115 Å². The van der Waals surface area contributed by atoms with Gasteiger partial charge in [-0.3, -0.25) is 0 Å². The van der Waals surface area contributed by atoms with Crippen molar-refractivity contribution in [2.45, 2.75) is 0 Å². The normalized spacial score (nSPS) is 10.2. The number of benzene rings is 2. The zero-order valence-electron chi connectivity index (χ0n) is 9.61. The quantitative estimate of drug-likeness (QED) is 0.760. The van der Waals surface area contributed by atoms with E-state index in [-0.39, 0.29) is 5.97 Å². The molecule has 0 saturated carbocycles. The third kappa shape index (κ3) is 2.66. The van der Waals surface area contributed by atoms with E-state index in [2.05, 4.69) is 4.74 Å². The smallest absolute Gasteiger partial charge is 0.337 e. The van der Waals surface area contributed by atoms with Crippen LogP contribution in [0.4, 0.5) is 0 Å². The highest BCUT2D eigenvalue weighted by Gasteiger charge is 2.06. The van der Waals surface area contributed by atoms with Gasteiger partial charge in [0.25, 0.3) is 0 Å². The number of hydrogen-bond donors (Lipinski definition) is 0. The molecule has 4 heteroatoms. The molecule has 92 valence electrons. The van der Waals surface area contributed by atoms with E-state index in [1.165, 1.54) is 7.11 Å². The molecular formula is C14H10Cl2O2. The van der Waals surface area contributed by atoms with E-state index in [1.807, 2.05) is 18.2 Å². The molecule has 0 aliphatic rings. The van der Waals surface area contributed by atoms with Crippen LogP contribution in [0.2, 0.25) is 10.0 Å². The SMILES string of the molecule is COC(=O)c1ccc(-c2ccc(Cl)c(Cl)c2)cc1. The first-order valence-electron chi connectivity index (χ1n) is 5.25. The van der Waals surface area contributed by atoms with E-state index in [0.29, 0.717) is 15.6 Å². The summed E-state index contributed by atoms with van der Waals surface area (Å²) in [7, 11) is 1.36. The van der Waals surface area contributed by atoms with Gasteiger partial charge in [0.15, 0.2) is 0 Å². The molecule has 0 unspecified atom stereocenters. The Hall–Kier alpha value is -1.51. The van der Waals surface area contributed by atoms with E-state index >= 15 is 0 Å². The highest BCUT2D eigenvalue weighted by Crippen LogP contribution is 2.28. The average molecular weight is 281 g/mol. The Bertz CT molecular complexity index is 577.